The minimum Gasteiger partial charge on any atom is -0.375 e. The molecule has 0 aliphatic carbocycles. The van der Waals surface area contributed by atoms with Crippen LogP contribution in [0.4, 0.5) is 4.39 Å². The number of amides is 1. The third-order valence-electron chi connectivity index (χ3n) is 1.97. The lowest BCUT2D eigenvalue weighted by Crippen LogP contribution is -2.45. The molecule has 0 saturated carbocycles. The molecule has 0 saturated heterocycles. The molecule has 1 atom stereocenters. The Bertz CT molecular complexity index is 352. The van der Waals surface area contributed by atoms with E-state index in [9.17, 15) is 14.3 Å². The van der Waals surface area contributed by atoms with Crippen LogP contribution in [0, 0.1) is 5.82 Å². The SMILES string of the molecule is C[C@](O)(C(=O)NN)c1ccccc1F. The van der Waals surface area contributed by atoms with E-state index < -0.39 is 17.3 Å². The van der Waals surface area contributed by atoms with Crippen LogP contribution in [0.2, 0.25) is 0 Å². The number of hydrogen-bond acceptors (Lipinski definition) is 3. The van der Waals surface area contributed by atoms with E-state index in [2.05, 4.69) is 0 Å². The van der Waals surface area contributed by atoms with Gasteiger partial charge in [-0.25, -0.2) is 10.2 Å². The first kappa shape index (κ1) is 10.6. The summed E-state index contributed by atoms with van der Waals surface area (Å²) in [7, 11) is 0. The third kappa shape index (κ3) is 1.73. The second-order valence-corrected chi connectivity index (χ2v) is 3.03. The first-order valence-electron chi connectivity index (χ1n) is 3.98. The molecule has 1 amide bonds. The van der Waals surface area contributed by atoms with Crippen LogP contribution in [0.25, 0.3) is 0 Å². The molecular weight excluding hydrogens is 187 g/mol. The van der Waals surface area contributed by atoms with Gasteiger partial charge < -0.3 is 5.11 Å². The number of hydrogen-bond donors (Lipinski definition) is 3. The van der Waals surface area contributed by atoms with Gasteiger partial charge in [0.05, 0.1) is 0 Å². The number of benzene rings is 1. The van der Waals surface area contributed by atoms with E-state index in [1.54, 1.807) is 5.43 Å². The van der Waals surface area contributed by atoms with Crippen LogP contribution >= 0.6 is 0 Å². The molecule has 1 aromatic rings. The summed E-state index contributed by atoms with van der Waals surface area (Å²) in [5, 5.41) is 9.70. The number of rotatable bonds is 2. The maximum absolute atomic E-state index is 13.2. The Kier molecular flexibility index (Phi) is 2.83. The highest BCUT2D eigenvalue weighted by Crippen LogP contribution is 2.22. The monoisotopic (exact) mass is 198 g/mol. The standard InChI is InChI=1S/C9H11FN2O2/c1-9(14,8(13)12-11)6-4-2-3-5-7(6)10/h2-5,14H,11H2,1H3,(H,12,13)/t9-/m1/s1. The fourth-order valence-corrected chi connectivity index (χ4v) is 1.12. The molecule has 76 valence electrons. The van der Waals surface area contributed by atoms with Gasteiger partial charge in [-0.15, -0.1) is 0 Å². The molecular formula is C9H11FN2O2. The molecule has 14 heavy (non-hydrogen) atoms. The Morgan fingerprint density at radius 3 is 2.64 bits per heavy atom. The first-order chi connectivity index (χ1) is 6.50. The van der Waals surface area contributed by atoms with Crippen LogP contribution in [0.1, 0.15) is 12.5 Å². The zero-order valence-corrected chi connectivity index (χ0v) is 7.62. The largest absolute Gasteiger partial charge is 0.375 e. The summed E-state index contributed by atoms with van der Waals surface area (Å²) in [6.07, 6.45) is 0. The van der Waals surface area contributed by atoms with E-state index in [-0.39, 0.29) is 5.56 Å². The average Bonchev–Trinajstić information content (AvgIpc) is 2.17. The summed E-state index contributed by atoms with van der Waals surface area (Å²) in [5.41, 5.74) is -0.291. The van der Waals surface area contributed by atoms with Gasteiger partial charge >= 0.3 is 0 Å². The molecule has 0 aliphatic rings. The van der Waals surface area contributed by atoms with Crippen LogP contribution in [-0.2, 0) is 10.4 Å². The minimum absolute atomic E-state index is 0.108. The fourth-order valence-electron chi connectivity index (χ4n) is 1.12. The molecule has 0 aliphatic heterocycles. The van der Waals surface area contributed by atoms with E-state index >= 15 is 0 Å². The zero-order chi connectivity index (χ0) is 10.8. The highest BCUT2D eigenvalue weighted by molar-refractivity contribution is 5.85. The van der Waals surface area contributed by atoms with Crippen molar-refractivity contribution in [1.82, 2.24) is 5.43 Å². The smallest absolute Gasteiger partial charge is 0.270 e. The summed E-state index contributed by atoms with van der Waals surface area (Å²) in [6.45, 7) is 1.17. The zero-order valence-electron chi connectivity index (χ0n) is 7.62. The molecule has 4 nitrogen and oxygen atoms in total. The second-order valence-electron chi connectivity index (χ2n) is 3.03. The van der Waals surface area contributed by atoms with Gasteiger partial charge in [-0.2, -0.15) is 0 Å². The molecule has 0 fully saturated rings. The van der Waals surface area contributed by atoms with Crippen molar-refractivity contribution in [1.29, 1.82) is 0 Å². The summed E-state index contributed by atoms with van der Waals surface area (Å²) in [5.74, 6) is 3.35. The average molecular weight is 198 g/mol. The quantitative estimate of drug-likeness (QED) is 0.356. The van der Waals surface area contributed by atoms with E-state index in [0.717, 1.165) is 6.07 Å². The summed E-state index contributed by atoms with van der Waals surface area (Å²) < 4.78 is 13.2. The molecule has 5 heteroatoms. The number of nitrogens with one attached hydrogen (secondary N) is 1. The van der Waals surface area contributed by atoms with E-state index in [0.29, 0.717) is 0 Å². The lowest BCUT2D eigenvalue weighted by molar-refractivity contribution is -0.139. The van der Waals surface area contributed by atoms with Crippen molar-refractivity contribution in [2.75, 3.05) is 0 Å². The van der Waals surface area contributed by atoms with Gasteiger partial charge in [-0.3, -0.25) is 10.2 Å². The van der Waals surface area contributed by atoms with Crippen molar-refractivity contribution in [3.8, 4) is 0 Å². The number of carbonyl (C=O) groups excluding carboxylic acids is 1. The predicted molar refractivity (Wildman–Crippen MR) is 48.3 cm³/mol. The second kappa shape index (κ2) is 3.73. The molecule has 0 radical (unpaired) electrons. The van der Waals surface area contributed by atoms with Crippen LogP contribution in [-0.4, -0.2) is 11.0 Å². The molecule has 0 spiro atoms. The van der Waals surface area contributed by atoms with Gasteiger partial charge in [0.1, 0.15) is 5.82 Å². The summed E-state index contributed by atoms with van der Waals surface area (Å²) in [6, 6.07) is 5.48. The molecule has 0 heterocycles. The van der Waals surface area contributed by atoms with Gasteiger partial charge in [0.2, 0.25) is 0 Å². The van der Waals surface area contributed by atoms with Gasteiger partial charge in [0, 0.05) is 5.56 Å². The van der Waals surface area contributed by atoms with Crippen molar-refractivity contribution >= 4 is 5.91 Å². The van der Waals surface area contributed by atoms with Gasteiger partial charge in [0.25, 0.3) is 5.91 Å². The number of halogens is 1. The minimum atomic E-state index is -1.96. The van der Waals surface area contributed by atoms with Crippen LogP contribution in [0.5, 0.6) is 0 Å². The Balaban J connectivity index is 3.16. The predicted octanol–water partition coefficient (Wildman–Crippen LogP) is 0.0231. The van der Waals surface area contributed by atoms with Gasteiger partial charge in [0.15, 0.2) is 5.60 Å². The lowest BCUT2D eigenvalue weighted by atomic mass is 9.95. The number of aliphatic hydroxyl groups is 1. The lowest BCUT2D eigenvalue weighted by Gasteiger charge is -2.21. The van der Waals surface area contributed by atoms with Gasteiger partial charge in [-0.05, 0) is 13.0 Å². The Labute approximate surface area is 80.5 Å². The van der Waals surface area contributed by atoms with E-state index in [4.69, 9.17) is 5.84 Å². The highest BCUT2D eigenvalue weighted by Gasteiger charge is 2.34. The number of nitrogens with two attached hydrogens (primary N) is 1. The Morgan fingerprint density at radius 2 is 2.14 bits per heavy atom. The van der Waals surface area contributed by atoms with Crippen molar-refractivity contribution in [2.45, 2.75) is 12.5 Å². The Morgan fingerprint density at radius 1 is 1.57 bits per heavy atom. The molecule has 0 aromatic heterocycles. The fraction of sp³-hybridized carbons (Fsp3) is 0.222. The van der Waals surface area contributed by atoms with Crippen molar-refractivity contribution in [3.63, 3.8) is 0 Å². The molecule has 1 rings (SSSR count). The van der Waals surface area contributed by atoms with Crippen LogP contribution in [0.3, 0.4) is 0 Å². The van der Waals surface area contributed by atoms with Crippen molar-refractivity contribution < 1.29 is 14.3 Å². The summed E-state index contributed by atoms with van der Waals surface area (Å²) in [4.78, 5) is 11.1. The number of hydrazine groups is 1. The maximum Gasteiger partial charge on any atom is 0.270 e. The van der Waals surface area contributed by atoms with Crippen LogP contribution in [0.15, 0.2) is 24.3 Å². The van der Waals surface area contributed by atoms with E-state index in [1.807, 2.05) is 0 Å². The third-order valence-corrected chi connectivity index (χ3v) is 1.97. The number of carbonyl (C=O) groups is 1. The topological polar surface area (TPSA) is 75.3 Å². The Hall–Kier alpha value is -1.46. The highest BCUT2D eigenvalue weighted by atomic mass is 19.1. The van der Waals surface area contributed by atoms with Crippen molar-refractivity contribution in [2.24, 2.45) is 5.84 Å². The molecule has 1 aromatic carbocycles. The maximum atomic E-state index is 13.2. The normalized spacial score (nSPS) is 14.6. The van der Waals surface area contributed by atoms with E-state index in [1.165, 1.54) is 25.1 Å². The van der Waals surface area contributed by atoms with Gasteiger partial charge in [-0.1, -0.05) is 18.2 Å². The van der Waals surface area contributed by atoms with Crippen molar-refractivity contribution in [3.05, 3.63) is 35.6 Å². The first-order valence-corrected chi connectivity index (χ1v) is 3.98. The summed E-state index contributed by atoms with van der Waals surface area (Å²) >= 11 is 0. The molecule has 0 unspecified atom stereocenters. The van der Waals surface area contributed by atoms with Crippen LogP contribution < -0.4 is 11.3 Å². The molecule has 4 N–H and O–H groups in total. The molecule has 0 bridgehead atoms.